The number of aryl methyl sites for hydroxylation is 1. The molecule has 1 atom stereocenters. The molecule has 1 amide bonds. The SMILES string of the molecule is Cc1nc(N[C@H](CNS(=O)(=O)c2ccc(CNN)cc2)c2ccc(OC(F)(F)F)c(Cl)c2)c2cccc(C(N)=O)c2n1. The maximum absolute atomic E-state index is 13.1. The number of aromatic nitrogens is 2. The second-order valence-corrected chi connectivity index (χ2v) is 11.2. The summed E-state index contributed by atoms with van der Waals surface area (Å²) < 4.78 is 71.1. The van der Waals surface area contributed by atoms with Crippen molar-refractivity contribution in [2.45, 2.75) is 30.8 Å². The van der Waals surface area contributed by atoms with Crippen molar-refractivity contribution in [2.75, 3.05) is 11.9 Å². The molecule has 0 bridgehead atoms. The summed E-state index contributed by atoms with van der Waals surface area (Å²) in [4.78, 5) is 20.7. The van der Waals surface area contributed by atoms with Gasteiger partial charge in [-0.05, 0) is 54.4 Å². The normalized spacial score (nSPS) is 12.7. The van der Waals surface area contributed by atoms with Crippen LogP contribution in [-0.4, -0.2) is 37.2 Å². The van der Waals surface area contributed by atoms with Crippen LogP contribution >= 0.6 is 11.6 Å². The highest BCUT2D eigenvalue weighted by Crippen LogP contribution is 2.34. The van der Waals surface area contributed by atoms with Crippen LogP contribution in [0.4, 0.5) is 19.0 Å². The fourth-order valence-corrected chi connectivity index (χ4v) is 5.39. The number of hydrogen-bond acceptors (Lipinski definition) is 9. The van der Waals surface area contributed by atoms with Crippen molar-refractivity contribution >= 4 is 44.3 Å². The fourth-order valence-electron chi connectivity index (χ4n) is 4.11. The van der Waals surface area contributed by atoms with E-state index in [9.17, 15) is 26.4 Å². The van der Waals surface area contributed by atoms with Crippen molar-refractivity contribution in [3.63, 3.8) is 0 Å². The van der Waals surface area contributed by atoms with E-state index < -0.39 is 34.1 Å². The van der Waals surface area contributed by atoms with Crippen molar-refractivity contribution in [1.82, 2.24) is 20.1 Å². The lowest BCUT2D eigenvalue weighted by Gasteiger charge is -2.23. The summed E-state index contributed by atoms with van der Waals surface area (Å²) in [7, 11) is -4.04. The first kappa shape index (κ1) is 30.9. The highest BCUT2D eigenvalue weighted by molar-refractivity contribution is 7.89. The van der Waals surface area contributed by atoms with Gasteiger partial charge in [0, 0.05) is 18.5 Å². The van der Waals surface area contributed by atoms with Crippen LogP contribution in [0.2, 0.25) is 5.02 Å². The Bertz CT molecular complexity index is 1720. The van der Waals surface area contributed by atoms with E-state index in [1.165, 1.54) is 30.3 Å². The summed E-state index contributed by atoms with van der Waals surface area (Å²) in [6.07, 6.45) is -4.97. The van der Waals surface area contributed by atoms with E-state index in [1.807, 2.05) is 0 Å². The quantitative estimate of drug-likeness (QED) is 0.123. The number of nitrogens with zero attached hydrogens (tertiary/aromatic N) is 2. The zero-order chi connectivity index (χ0) is 30.7. The minimum absolute atomic E-state index is 0.0246. The minimum Gasteiger partial charge on any atom is -0.404 e. The van der Waals surface area contributed by atoms with Crippen LogP contribution in [0.15, 0.2) is 65.6 Å². The molecule has 3 aromatic carbocycles. The molecule has 0 spiro atoms. The van der Waals surface area contributed by atoms with Crippen molar-refractivity contribution in [1.29, 1.82) is 0 Å². The molecule has 4 rings (SSSR count). The molecule has 0 aliphatic heterocycles. The van der Waals surface area contributed by atoms with Gasteiger partial charge in [-0.25, -0.2) is 23.1 Å². The first-order chi connectivity index (χ1) is 19.8. The smallest absolute Gasteiger partial charge is 0.404 e. The number of rotatable bonds is 11. The Hall–Kier alpha value is -4.02. The molecule has 0 radical (unpaired) electrons. The molecule has 11 nitrogen and oxygen atoms in total. The number of amides is 1. The zero-order valence-electron chi connectivity index (χ0n) is 21.9. The summed E-state index contributed by atoms with van der Waals surface area (Å²) in [5, 5.41) is 3.16. The van der Waals surface area contributed by atoms with Gasteiger partial charge in [0.25, 0.3) is 5.91 Å². The van der Waals surface area contributed by atoms with E-state index in [0.29, 0.717) is 17.5 Å². The van der Waals surface area contributed by atoms with E-state index in [4.69, 9.17) is 23.2 Å². The first-order valence-corrected chi connectivity index (χ1v) is 14.0. The monoisotopic (exact) mass is 623 g/mol. The van der Waals surface area contributed by atoms with E-state index in [1.54, 1.807) is 31.2 Å². The van der Waals surface area contributed by atoms with Crippen molar-refractivity contribution < 1.29 is 31.1 Å². The van der Waals surface area contributed by atoms with Crippen LogP contribution in [0.25, 0.3) is 10.9 Å². The van der Waals surface area contributed by atoms with Gasteiger partial charge < -0.3 is 15.8 Å². The van der Waals surface area contributed by atoms with Gasteiger partial charge in [-0.1, -0.05) is 35.9 Å². The Morgan fingerprint density at radius 3 is 2.43 bits per heavy atom. The molecule has 0 saturated carbocycles. The van der Waals surface area contributed by atoms with Crippen molar-refractivity contribution in [3.05, 3.63) is 88.2 Å². The lowest BCUT2D eigenvalue weighted by molar-refractivity contribution is -0.274. The summed E-state index contributed by atoms with van der Waals surface area (Å²) in [6, 6.07) is 13.3. The van der Waals surface area contributed by atoms with Crippen LogP contribution < -0.4 is 31.8 Å². The molecule has 42 heavy (non-hydrogen) atoms. The molecule has 0 aliphatic rings. The van der Waals surface area contributed by atoms with Gasteiger partial charge in [-0.2, -0.15) is 0 Å². The number of hydrazine groups is 1. The van der Waals surface area contributed by atoms with E-state index in [2.05, 4.69) is 30.2 Å². The maximum atomic E-state index is 13.1. The van der Waals surface area contributed by atoms with Gasteiger partial charge in [0.05, 0.1) is 27.0 Å². The standard InChI is InChI=1S/C26H25ClF3N7O4S/c1-14-35-23-18(24(31)38)3-2-4-19(23)25(36-14)37-21(16-7-10-22(20(27)11-16)41-26(28,29)30)13-34-42(39,40)17-8-5-15(6-9-17)12-33-32/h2-11,21,33-34H,12-13,32H2,1H3,(H2,31,38)(H,35,36,37)/t21-/m1/s1. The summed E-state index contributed by atoms with van der Waals surface area (Å²) in [6.45, 7) is 1.63. The molecule has 4 aromatic rings. The van der Waals surface area contributed by atoms with Crippen LogP contribution in [0.5, 0.6) is 5.75 Å². The van der Waals surface area contributed by atoms with E-state index >= 15 is 0 Å². The average molecular weight is 624 g/mol. The van der Waals surface area contributed by atoms with Crippen LogP contribution in [-0.2, 0) is 16.6 Å². The zero-order valence-corrected chi connectivity index (χ0v) is 23.4. The average Bonchev–Trinajstić information content (AvgIpc) is 2.91. The first-order valence-electron chi connectivity index (χ1n) is 12.2. The van der Waals surface area contributed by atoms with Crippen LogP contribution in [0.3, 0.4) is 0 Å². The predicted octanol–water partition coefficient (Wildman–Crippen LogP) is 3.68. The van der Waals surface area contributed by atoms with Gasteiger partial charge in [0.1, 0.15) is 17.4 Å². The molecule has 16 heteroatoms. The summed E-state index contributed by atoms with van der Waals surface area (Å²) >= 11 is 6.10. The Balaban J connectivity index is 1.72. The lowest BCUT2D eigenvalue weighted by Crippen LogP contribution is -2.32. The molecule has 7 N–H and O–H groups in total. The molecule has 0 aliphatic carbocycles. The molecule has 1 heterocycles. The molecule has 222 valence electrons. The number of carbonyl (C=O) groups excluding carboxylic acids is 1. The summed E-state index contributed by atoms with van der Waals surface area (Å²) in [5.41, 5.74) is 9.45. The fraction of sp³-hybridized carbons (Fsp3) is 0.192. The third-order valence-electron chi connectivity index (χ3n) is 6.02. The second kappa shape index (κ2) is 12.5. The number of fused-ring (bicyclic) bond motifs is 1. The number of anilines is 1. The Kier molecular flexibility index (Phi) is 9.18. The molecule has 0 saturated heterocycles. The van der Waals surface area contributed by atoms with E-state index in [-0.39, 0.29) is 39.2 Å². The van der Waals surface area contributed by atoms with Gasteiger partial charge in [0.2, 0.25) is 10.0 Å². The largest absolute Gasteiger partial charge is 0.573 e. The highest BCUT2D eigenvalue weighted by atomic mass is 35.5. The topological polar surface area (TPSA) is 174 Å². The Morgan fingerprint density at radius 2 is 1.81 bits per heavy atom. The predicted molar refractivity (Wildman–Crippen MR) is 150 cm³/mol. The van der Waals surface area contributed by atoms with Gasteiger partial charge in [0.15, 0.2) is 0 Å². The highest BCUT2D eigenvalue weighted by Gasteiger charge is 2.32. The number of benzene rings is 3. The third-order valence-corrected chi connectivity index (χ3v) is 7.75. The number of primary amides is 1. The maximum Gasteiger partial charge on any atom is 0.573 e. The summed E-state index contributed by atoms with van der Waals surface area (Å²) in [5.74, 6) is 4.46. The van der Waals surface area contributed by atoms with Crippen LogP contribution in [0.1, 0.15) is 33.4 Å². The minimum atomic E-state index is -4.97. The van der Waals surface area contributed by atoms with E-state index in [0.717, 1.165) is 11.6 Å². The number of sulfonamides is 1. The van der Waals surface area contributed by atoms with Gasteiger partial charge >= 0.3 is 6.36 Å². The third kappa shape index (κ3) is 7.43. The second-order valence-electron chi connectivity index (χ2n) is 9.00. The number of para-hydroxylation sites is 1. The molecule has 1 aromatic heterocycles. The van der Waals surface area contributed by atoms with Gasteiger partial charge in [-0.3, -0.25) is 16.1 Å². The van der Waals surface area contributed by atoms with Crippen molar-refractivity contribution in [2.24, 2.45) is 11.6 Å². The number of nitrogens with one attached hydrogen (secondary N) is 3. The molecular formula is C26H25ClF3N7O4S. The number of alkyl halides is 3. The number of carbonyl (C=O) groups is 1. The number of ether oxygens (including phenoxy) is 1. The lowest BCUT2D eigenvalue weighted by atomic mass is 10.1. The molecule has 0 fully saturated rings. The van der Waals surface area contributed by atoms with Gasteiger partial charge in [-0.15, -0.1) is 13.2 Å². The number of halogens is 4. The van der Waals surface area contributed by atoms with Crippen LogP contribution in [0, 0.1) is 6.92 Å². The van der Waals surface area contributed by atoms with Crippen molar-refractivity contribution in [3.8, 4) is 5.75 Å². The molecule has 0 unspecified atom stereocenters. The molecular weight excluding hydrogens is 599 g/mol. The Morgan fingerprint density at radius 1 is 1.10 bits per heavy atom. The number of nitrogens with two attached hydrogens (primary N) is 2. The number of hydrogen-bond donors (Lipinski definition) is 5. The Labute approximate surface area is 243 Å².